The molecule has 0 saturated carbocycles. The number of thiol groups is 1. The van der Waals surface area contributed by atoms with E-state index in [1.54, 1.807) is 6.20 Å². The quantitative estimate of drug-likeness (QED) is 0.300. The number of amides is 2. The first-order valence-corrected chi connectivity index (χ1v) is 8.55. The van der Waals surface area contributed by atoms with Crippen molar-refractivity contribution in [3.05, 3.63) is 18.2 Å². The van der Waals surface area contributed by atoms with Crippen LogP contribution in [-0.4, -0.2) is 56.7 Å². The van der Waals surface area contributed by atoms with Gasteiger partial charge >= 0.3 is 5.97 Å². The first kappa shape index (κ1) is 21.0. The fourth-order valence-corrected chi connectivity index (χ4v) is 2.42. The minimum Gasteiger partial charge on any atom is -0.480 e. The van der Waals surface area contributed by atoms with E-state index in [0.29, 0.717) is 5.69 Å². The van der Waals surface area contributed by atoms with Crippen LogP contribution < -0.4 is 16.4 Å². The highest BCUT2D eigenvalue weighted by Crippen LogP contribution is 2.06. The monoisotopic (exact) mass is 371 g/mol. The van der Waals surface area contributed by atoms with Gasteiger partial charge in [0.25, 0.3) is 0 Å². The highest BCUT2D eigenvalue weighted by atomic mass is 32.1. The number of nitrogens with one attached hydrogen (secondary N) is 3. The summed E-state index contributed by atoms with van der Waals surface area (Å²) >= 11 is 4.05. The third-order valence-electron chi connectivity index (χ3n) is 3.47. The number of nitrogens with two attached hydrogens (primary N) is 1. The molecule has 2 amide bonds. The van der Waals surface area contributed by atoms with Gasteiger partial charge in [0.2, 0.25) is 11.8 Å². The van der Waals surface area contributed by atoms with Gasteiger partial charge in [0.1, 0.15) is 12.1 Å². The van der Waals surface area contributed by atoms with Crippen LogP contribution in [0.1, 0.15) is 26.0 Å². The molecule has 25 heavy (non-hydrogen) atoms. The van der Waals surface area contributed by atoms with Crippen LogP contribution in [0.4, 0.5) is 0 Å². The zero-order valence-electron chi connectivity index (χ0n) is 14.2. The minimum atomic E-state index is -1.12. The fraction of sp³-hybridized carbons (Fsp3) is 0.600. The van der Waals surface area contributed by atoms with Crippen molar-refractivity contribution in [1.82, 2.24) is 20.6 Å². The van der Waals surface area contributed by atoms with Crippen molar-refractivity contribution in [2.75, 3.05) is 5.75 Å². The van der Waals surface area contributed by atoms with Crippen LogP contribution in [0.15, 0.2) is 12.5 Å². The molecule has 0 aromatic carbocycles. The number of carboxylic acids is 1. The zero-order valence-corrected chi connectivity index (χ0v) is 15.1. The SMILES string of the molecule is CC(C)C[C@H](NC(=O)[C@H](CS)NC(=O)[C@@H](N)Cc1cnc[nH]1)C(=O)O. The number of imidazole rings is 1. The minimum absolute atomic E-state index is 0.0162. The summed E-state index contributed by atoms with van der Waals surface area (Å²) in [6, 6.07) is -2.87. The highest BCUT2D eigenvalue weighted by molar-refractivity contribution is 7.80. The van der Waals surface area contributed by atoms with Gasteiger partial charge in [-0.1, -0.05) is 13.8 Å². The average molecular weight is 371 g/mol. The maximum Gasteiger partial charge on any atom is 0.326 e. The molecule has 0 fully saturated rings. The lowest BCUT2D eigenvalue weighted by atomic mass is 10.0. The summed E-state index contributed by atoms with van der Waals surface area (Å²) in [5.41, 5.74) is 6.51. The molecule has 1 aromatic rings. The fourth-order valence-electron chi connectivity index (χ4n) is 2.16. The molecular formula is C15H25N5O4S. The smallest absolute Gasteiger partial charge is 0.326 e. The van der Waals surface area contributed by atoms with Crippen molar-refractivity contribution >= 4 is 30.4 Å². The van der Waals surface area contributed by atoms with Gasteiger partial charge in [-0.05, 0) is 12.3 Å². The highest BCUT2D eigenvalue weighted by Gasteiger charge is 2.27. The summed E-state index contributed by atoms with van der Waals surface area (Å²) in [5, 5.41) is 14.1. The van der Waals surface area contributed by atoms with Gasteiger partial charge in [-0.15, -0.1) is 0 Å². The maximum absolute atomic E-state index is 12.3. The van der Waals surface area contributed by atoms with E-state index in [0.717, 1.165) is 0 Å². The molecule has 0 aliphatic heterocycles. The molecule has 3 atom stereocenters. The summed E-state index contributed by atoms with van der Waals surface area (Å²) in [6.07, 6.45) is 3.55. The normalized spacial score (nSPS) is 14.6. The molecule has 0 saturated heterocycles. The second-order valence-corrected chi connectivity index (χ2v) is 6.53. The number of carboxylic acid groups (broad SMARTS) is 1. The Balaban J connectivity index is 2.62. The standard InChI is InChI=1S/C15H25N5O4S/c1-8(2)3-11(15(23)24)19-14(22)12(6-25)20-13(21)10(16)4-9-5-17-7-18-9/h5,7-8,10-12,25H,3-4,6,16H2,1-2H3,(H,17,18)(H,19,22)(H,20,21)(H,23,24)/t10-,11-,12-/m0/s1. The summed E-state index contributed by atoms with van der Waals surface area (Å²) in [6.45, 7) is 3.71. The van der Waals surface area contributed by atoms with E-state index in [1.165, 1.54) is 6.33 Å². The number of aromatic nitrogens is 2. The van der Waals surface area contributed by atoms with E-state index in [-0.39, 0.29) is 24.5 Å². The Morgan fingerprint density at radius 2 is 1.92 bits per heavy atom. The molecule has 6 N–H and O–H groups in total. The van der Waals surface area contributed by atoms with E-state index in [2.05, 4.69) is 33.2 Å². The number of aromatic amines is 1. The molecule has 0 unspecified atom stereocenters. The van der Waals surface area contributed by atoms with E-state index in [4.69, 9.17) is 5.73 Å². The Bertz CT molecular complexity index is 578. The van der Waals surface area contributed by atoms with Crippen LogP contribution in [0.25, 0.3) is 0 Å². The summed E-state index contributed by atoms with van der Waals surface area (Å²) < 4.78 is 0. The Hall–Kier alpha value is -2.07. The zero-order chi connectivity index (χ0) is 19.0. The number of nitrogens with zero attached hydrogens (tertiary/aromatic N) is 1. The number of carbonyl (C=O) groups is 3. The van der Waals surface area contributed by atoms with Gasteiger partial charge in [-0.2, -0.15) is 12.6 Å². The molecule has 0 radical (unpaired) electrons. The van der Waals surface area contributed by atoms with Crippen molar-refractivity contribution in [2.45, 2.75) is 44.8 Å². The molecule has 0 bridgehead atoms. The predicted octanol–water partition coefficient (Wildman–Crippen LogP) is -0.690. The van der Waals surface area contributed by atoms with Crippen LogP contribution in [0.5, 0.6) is 0 Å². The topological polar surface area (TPSA) is 150 Å². The molecule has 10 heteroatoms. The number of hydrogen-bond donors (Lipinski definition) is 6. The molecule has 140 valence electrons. The van der Waals surface area contributed by atoms with Gasteiger partial charge in [0.05, 0.1) is 12.4 Å². The summed E-state index contributed by atoms with van der Waals surface area (Å²) in [5.74, 6) is -2.15. The average Bonchev–Trinajstić information content (AvgIpc) is 3.03. The molecule has 1 aromatic heterocycles. The van der Waals surface area contributed by atoms with Crippen molar-refractivity contribution in [1.29, 1.82) is 0 Å². The van der Waals surface area contributed by atoms with Gasteiger partial charge in [-0.3, -0.25) is 9.59 Å². The summed E-state index contributed by atoms with van der Waals surface area (Å²) in [4.78, 5) is 42.3. The molecule has 0 spiro atoms. The summed E-state index contributed by atoms with van der Waals surface area (Å²) in [7, 11) is 0. The lowest BCUT2D eigenvalue weighted by Crippen LogP contribution is -2.55. The van der Waals surface area contributed by atoms with Gasteiger partial charge in [0.15, 0.2) is 0 Å². The first-order valence-electron chi connectivity index (χ1n) is 7.91. The van der Waals surface area contributed by atoms with E-state index in [9.17, 15) is 19.5 Å². The van der Waals surface area contributed by atoms with Crippen molar-refractivity contribution in [3.8, 4) is 0 Å². The van der Waals surface area contributed by atoms with Crippen molar-refractivity contribution in [2.24, 2.45) is 11.7 Å². The third-order valence-corrected chi connectivity index (χ3v) is 3.83. The third kappa shape index (κ3) is 7.14. The molecule has 9 nitrogen and oxygen atoms in total. The largest absolute Gasteiger partial charge is 0.480 e. The van der Waals surface area contributed by atoms with Crippen LogP contribution in [0, 0.1) is 5.92 Å². The molecule has 0 aliphatic rings. The van der Waals surface area contributed by atoms with E-state index < -0.39 is 35.9 Å². The molecule has 1 heterocycles. The molecular weight excluding hydrogens is 346 g/mol. The van der Waals surface area contributed by atoms with Crippen LogP contribution in [0.2, 0.25) is 0 Å². The second kappa shape index (κ2) is 10.0. The second-order valence-electron chi connectivity index (χ2n) is 6.16. The molecule has 1 rings (SSSR count). The Kier molecular flexibility index (Phi) is 8.42. The van der Waals surface area contributed by atoms with E-state index >= 15 is 0 Å². The number of aliphatic carboxylic acids is 1. The first-order chi connectivity index (χ1) is 11.7. The number of carbonyl (C=O) groups excluding carboxylic acids is 2. The van der Waals surface area contributed by atoms with Crippen molar-refractivity contribution in [3.63, 3.8) is 0 Å². The van der Waals surface area contributed by atoms with Gasteiger partial charge in [0, 0.05) is 24.1 Å². The Labute approximate surface area is 151 Å². The Morgan fingerprint density at radius 3 is 2.40 bits per heavy atom. The number of hydrogen-bond acceptors (Lipinski definition) is 6. The number of H-pyrrole nitrogens is 1. The van der Waals surface area contributed by atoms with E-state index in [1.807, 2.05) is 13.8 Å². The van der Waals surface area contributed by atoms with Crippen LogP contribution in [-0.2, 0) is 20.8 Å². The molecule has 0 aliphatic carbocycles. The lowest BCUT2D eigenvalue weighted by molar-refractivity contribution is -0.142. The van der Waals surface area contributed by atoms with Crippen LogP contribution in [0.3, 0.4) is 0 Å². The van der Waals surface area contributed by atoms with Gasteiger partial charge < -0.3 is 26.5 Å². The van der Waals surface area contributed by atoms with Gasteiger partial charge in [-0.25, -0.2) is 9.78 Å². The maximum atomic E-state index is 12.3. The predicted molar refractivity (Wildman–Crippen MR) is 95.1 cm³/mol. The van der Waals surface area contributed by atoms with Crippen molar-refractivity contribution < 1.29 is 19.5 Å². The lowest BCUT2D eigenvalue weighted by Gasteiger charge is -2.22. The number of rotatable bonds is 10. The Morgan fingerprint density at radius 1 is 1.28 bits per heavy atom. The van der Waals surface area contributed by atoms with Crippen LogP contribution >= 0.6 is 12.6 Å².